The summed E-state index contributed by atoms with van der Waals surface area (Å²) in [6.45, 7) is 1.55. The maximum atomic E-state index is 10.7. The van der Waals surface area contributed by atoms with E-state index < -0.39 is 17.1 Å². The Kier molecular flexibility index (Phi) is 4.40. The molecule has 1 aromatic carbocycles. The molecule has 0 radical (unpaired) electrons. The van der Waals surface area contributed by atoms with E-state index in [0.29, 0.717) is 11.1 Å². The molecule has 16 heavy (non-hydrogen) atoms. The molecule has 1 aromatic rings. The highest BCUT2D eigenvalue weighted by atomic mass is 79.9. The van der Waals surface area contributed by atoms with Crippen LogP contribution >= 0.6 is 15.9 Å². The molecule has 0 aliphatic rings. The van der Waals surface area contributed by atoms with Gasteiger partial charge in [0, 0.05) is 17.0 Å². The standard InChI is InChI=1S/C10H12BrNO4/c1-6-7(10(14)9(13)5-11)3-2-4-8(6)12(15)16/h2-4,9-10,13-14H,5H2,1H3. The van der Waals surface area contributed by atoms with Gasteiger partial charge >= 0.3 is 0 Å². The quantitative estimate of drug-likeness (QED) is 0.502. The van der Waals surface area contributed by atoms with E-state index in [4.69, 9.17) is 0 Å². The van der Waals surface area contributed by atoms with E-state index in [0.717, 1.165) is 0 Å². The van der Waals surface area contributed by atoms with Crippen molar-refractivity contribution < 1.29 is 15.1 Å². The summed E-state index contributed by atoms with van der Waals surface area (Å²) in [5, 5.41) is 30.1. The summed E-state index contributed by atoms with van der Waals surface area (Å²) in [4.78, 5) is 10.2. The molecule has 0 spiro atoms. The number of hydrogen-bond donors (Lipinski definition) is 2. The van der Waals surface area contributed by atoms with Crippen LogP contribution in [0.15, 0.2) is 18.2 Å². The Balaban J connectivity index is 3.15. The number of rotatable bonds is 4. The minimum Gasteiger partial charge on any atom is -0.389 e. The third kappa shape index (κ3) is 2.58. The van der Waals surface area contributed by atoms with E-state index >= 15 is 0 Å². The van der Waals surface area contributed by atoms with E-state index in [-0.39, 0.29) is 11.0 Å². The molecule has 0 aliphatic carbocycles. The van der Waals surface area contributed by atoms with Crippen molar-refractivity contribution in [1.82, 2.24) is 0 Å². The van der Waals surface area contributed by atoms with Crippen molar-refractivity contribution in [2.75, 3.05) is 5.33 Å². The maximum absolute atomic E-state index is 10.7. The van der Waals surface area contributed by atoms with Crippen molar-refractivity contribution in [3.8, 4) is 0 Å². The lowest BCUT2D eigenvalue weighted by Gasteiger charge is -2.17. The van der Waals surface area contributed by atoms with Crippen molar-refractivity contribution in [1.29, 1.82) is 0 Å². The van der Waals surface area contributed by atoms with Gasteiger partial charge in [-0.3, -0.25) is 10.1 Å². The third-order valence-corrected chi connectivity index (χ3v) is 3.05. The number of nitrogens with zero attached hydrogens (tertiary/aromatic N) is 1. The molecule has 0 heterocycles. The first-order chi connectivity index (χ1) is 7.49. The van der Waals surface area contributed by atoms with Crippen LogP contribution in [0.25, 0.3) is 0 Å². The molecule has 2 N–H and O–H groups in total. The monoisotopic (exact) mass is 289 g/mol. The van der Waals surface area contributed by atoms with Gasteiger partial charge in [0.05, 0.1) is 11.0 Å². The van der Waals surface area contributed by atoms with E-state index in [1.54, 1.807) is 13.0 Å². The molecule has 2 unspecified atom stereocenters. The lowest BCUT2D eigenvalue weighted by atomic mass is 9.99. The van der Waals surface area contributed by atoms with Crippen molar-refractivity contribution >= 4 is 21.6 Å². The van der Waals surface area contributed by atoms with Gasteiger partial charge in [-0.1, -0.05) is 28.1 Å². The molecule has 0 amide bonds. The van der Waals surface area contributed by atoms with Gasteiger partial charge in [-0.15, -0.1) is 0 Å². The molecule has 2 atom stereocenters. The molecular weight excluding hydrogens is 278 g/mol. The SMILES string of the molecule is Cc1c(C(O)C(O)CBr)cccc1[N+](=O)[O-]. The van der Waals surface area contributed by atoms with E-state index in [1.165, 1.54) is 12.1 Å². The zero-order valence-corrected chi connectivity index (χ0v) is 10.2. The largest absolute Gasteiger partial charge is 0.389 e. The predicted molar refractivity (Wildman–Crippen MR) is 62.6 cm³/mol. The highest BCUT2D eigenvalue weighted by molar-refractivity contribution is 9.09. The second-order valence-electron chi connectivity index (χ2n) is 3.41. The van der Waals surface area contributed by atoms with Crippen molar-refractivity contribution in [3.05, 3.63) is 39.4 Å². The topological polar surface area (TPSA) is 83.6 Å². The molecule has 5 nitrogen and oxygen atoms in total. The number of benzene rings is 1. The number of aliphatic hydroxyl groups is 2. The first-order valence-corrected chi connectivity index (χ1v) is 5.77. The summed E-state index contributed by atoms with van der Waals surface area (Å²) < 4.78 is 0. The fourth-order valence-corrected chi connectivity index (χ4v) is 1.80. The van der Waals surface area contributed by atoms with Crippen molar-refractivity contribution in [2.24, 2.45) is 0 Å². The number of alkyl halides is 1. The van der Waals surface area contributed by atoms with E-state index in [1.807, 2.05) is 0 Å². The summed E-state index contributed by atoms with van der Waals surface area (Å²) in [7, 11) is 0. The van der Waals surface area contributed by atoms with Gasteiger partial charge in [-0.2, -0.15) is 0 Å². The third-order valence-electron chi connectivity index (χ3n) is 2.38. The van der Waals surface area contributed by atoms with Gasteiger partial charge in [-0.05, 0) is 12.5 Å². The zero-order valence-electron chi connectivity index (χ0n) is 8.63. The molecule has 0 saturated heterocycles. The van der Waals surface area contributed by atoms with Crippen LogP contribution in [0.1, 0.15) is 17.2 Å². The Bertz CT molecular complexity index is 396. The van der Waals surface area contributed by atoms with Crippen molar-refractivity contribution in [2.45, 2.75) is 19.1 Å². The van der Waals surface area contributed by atoms with Gasteiger partial charge in [0.1, 0.15) is 6.10 Å². The van der Waals surface area contributed by atoms with Gasteiger partial charge in [0.15, 0.2) is 0 Å². The Morgan fingerprint density at radius 1 is 1.50 bits per heavy atom. The lowest BCUT2D eigenvalue weighted by molar-refractivity contribution is -0.385. The fourth-order valence-electron chi connectivity index (χ4n) is 1.45. The molecular formula is C10H12BrNO4. The molecule has 0 fully saturated rings. The smallest absolute Gasteiger partial charge is 0.272 e. The maximum Gasteiger partial charge on any atom is 0.272 e. The predicted octanol–water partition coefficient (Wildman–Crippen LogP) is 1.69. The molecule has 0 bridgehead atoms. The van der Waals surface area contributed by atoms with Crippen LogP contribution in [0, 0.1) is 17.0 Å². The van der Waals surface area contributed by atoms with Crippen LogP contribution in [0.4, 0.5) is 5.69 Å². The summed E-state index contributed by atoms with van der Waals surface area (Å²) in [5.74, 6) is 0. The van der Waals surface area contributed by atoms with Crippen LogP contribution in [-0.4, -0.2) is 26.6 Å². The van der Waals surface area contributed by atoms with Gasteiger partial charge in [0.2, 0.25) is 0 Å². The average molecular weight is 290 g/mol. The van der Waals surface area contributed by atoms with Crippen LogP contribution in [0.3, 0.4) is 0 Å². The molecule has 6 heteroatoms. The first-order valence-electron chi connectivity index (χ1n) is 4.65. The highest BCUT2D eigenvalue weighted by Gasteiger charge is 2.22. The summed E-state index contributed by atoms with van der Waals surface area (Å²) in [5.41, 5.74) is 0.694. The Morgan fingerprint density at radius 3 is 2.62 bits per heavy atom. The number of halogens is 1. The van der Waals surface area contributed by atoms with Crippen LogP contribution in [0.5, 0.6) is 0 Å². The molecule has 0 saturated carbocycles. The average Bonchev–Trinajstić information content (AvgIpc) is 2.27. The minimum atomic E-state index is -1.13. The zero-order chi connectivity index (χ0) is 12.3. The summed E-state index contributed by atoms with van der Waals surface area (Å²) in [6, 6.07) is 4.43. The number of aliphatic hydroxyl groups excluding tert-OH is 2. The Labute approximate surface area is 101 Å². The fraction of sp³-hybridized carbons (Fsp3) is 0.400. The van der Waals surface area contributed by atoms with Crippen LogP contribution in [-0.2, 0) is 0 Å². The van der Waals surface area contributed by atoms with E-state index in [2.05, 4.69) is 15.9 Å². The second kappa shape index (κ2) is 5.38. The number of nitro benzene ring substituents is 1. The second-order valence-corrected chi connectivity index (χ2v) is 4.06. The van der Waals surface area contributed by atoms with Crippen LogP contribution in [0.2, 0.25) is 0 Å². The molecule has 0 aromatic heterocycles. The minimum absolute atomic E-state index is 0.0571. The normalized spacial score (nSPS) is 14.5. The highest BCUT2D eigenvalue weighted by Crippen LogP contribution is 2.27. The number of hydrogen-bond acceptors (Lipinski definition) is 4. The molecule has 0 aliphatic heterocycles. The summed E-state index contributed by atoms with van der Waals surface area (Å²) >= 11 is 3.04. The van der Waals surface area contributed by atoms with Crippen LogP contribution < -0.4 is 0 Å². The molecule has 88 valence electrons. The Morgan fingerprint density at radius 2 is 2.12 bits per heavy atom. The van der Waals surface area contributed by atoms with Gasteiger partial charge < -0.3 is 10.2 Å². The van der Waals surface area contributed by atoms with Gasteiger partial charge in [0.25, 0.3) is 5.69 Å². The van der Waals surface area contributed by atoms with Crippen molar-refractivity contribution in [3.63, 3.8) is 0 Å². The first kappa shape index (κ1) is 13.1. The van der Waals surface area contributed by atoms with Gasteiger partial charge in [-0.25, -0.2) is 0 Å². The van der Waals surface area contributed by atoms with E-state index in [9.17, 15) is 20.3 Å². The number of nitro groups is 1. The Hall–Kier alpha value is -0.980. The lowest BCUT2D eigenvalue weighted by Crippen LogP contribution is -2.20. The summed E-state index contributed by atoms with van der Waals surface area (Å²) in [6.07, 6.45) is -2.11. The molecule has 1 rings (SSSR count).